The maximum atomic E-state index is 11.8. The Kier molecular flexibility index (Phi) is 5.45. The predicted molar refractivity (Wildman–Crippen MR) is 86.2 cm³/mol. The second kappa shape index (κ2) is 6.23. The molecule has 5 nitrogen and oxygen atoms in total. The largest absolute Gasteiger partial charge is 0.368 e. The van der Waals surface area contributed by atoms with E-state index in [9.17, 15) is 4.79 Å². The minimum Gasteiger partial charge on any atom is -0.368 e. The van der Waals surface area contributed by atoms with Crippen molar-refractivity contribution in [2.24, 2.45) is 5.73 Å². The first-order valence-electron chi connectivity index (χ1n) is 7.90. The summed E-state index contributed by atoms with van der Waals surface area (Å²) in [7, 11) is 0. The lowest BCUT2D eigenvalue weighted by molar-refractivity contribution is -0.187. The van der Waals surface area contributed by atoms with Crippen LogP contribution in [0.2, 0.25) is 0 Å². The van der Waals surface area contributed by atoms with Crippen LogP contribution in [0.4, 0.5) is 0 Å². The number of nitrogens with two attached hydrogens (primary N) is 1. The molecule has 0 bridgehead atoms. The smallest absolute Gasteiger partial charge is 0.237 e. The number of carbonyl (C=O) groups is 1. The summed E-state index contributed by atoms with van der Waals surface area (Å²) in [6.07, 6.45) is 0.697. The highest BCUT2D eigenvalue weighted by Crippen LogP contribution is 2.30. The number of likely N-dealkylation sites (N-methyl/N-ethyl adjacent to an activating group) is 1. The lowest BCUT2D eigenvalue weighted by Gasteiger charge is -2.50. The molecular weight excluding hydrogens is 266 g/mol. The van der Waals surface area contributed by atoms with Crippen molar-refractivity contribution in [2.75, 3.05) is 19.6 Å². The molecule has 1 saturated heterocycles. The summed E-state index contributed by atoms with van der Waals surface area (Å²) in [5, 5.41) is 3.24. The van der Waals surface area contributed by atoms with Gasteiger partial charge < -0.3 is 15.8 Å². The number of hydrogen-bond acceptors (Lipinski definition) is 4. The SMILES string of the molecule is CCNC(C)(CC(C)N1CC(C)(C)OC(C)(C)C1)C(N)=O. The number of nitrogens with one attached hydrogen (secondary N) is 1. The fourth-order valence-electron chi connectivity index (χ4n) is 3.53. The Morgan fingerprint density at radius 2 is 1.81 bits per heavy atom. The molecule has 2 unspecified atom stereocenters. The van der Waals surface area contributed by atoms with Crippen LogP contribution in [0.25, 0.3) is 0 Å². The Hall–Kier alpha value is -0.650. The maximum absolute atomic E-state index is 11.8. The predicted octanol–water partition coefficient (Wildman–Crippen LogP) is 1.51. The van der Waals surface area contributed by atoms with Crippen LogP contribution in [-0.4, -0.2) is 53.2 Å². The number of rotatable bonds is 6. The van der Waals surface area contributed by atoms with E-state index in [1.807, 2.05) is 13.8 Å². The summed E-state index contributed by atoms with van der Waals surface area (Å²) in [5.41, 5.74) is 4.56. The normalized spacial score (nSPS) is 26.0. The van der Waals surface area contributed by atoms with Crippen LogP contribution in [0.5, 0.6) is 0 Å². The quantitative estimate of drug-likeness (QED) is 0.780. The van der Waals surface area contributed by atoms with Gasteiger partial charge in [-0.05, 0) is 54.5 Å². The van der Waals surface area contributed by atoms with Crippen LogP contribution in [0.1, 0.15) is 54.9 Å². The van der Waals surface area contributed by atoms with Gasteiger partial charge in [0.25, 0.3) is 0 Å². The highest BCUT2D eigenvalue weighted by atomic mass is 16.5. The van der Waals surface area contributed by atoms with Gasteiger partial charge >= 0.3 is 0 Å². The second-order valence-electron chi connectivity index (χ2n) is 7.81. The fraction of sp³-hybridized carbons (Fsp3) is 0.938. The van der Waals surface area contributed by atoms with E-state index < -0.39 is 5.54 Å². The Balaban J connectivity index is 2.82. The van der Waals surface area contributed by atoms with Crippen molar-refractivity contribution in [1.82, 2.24) is 10.2 Å². The first kappa shape index (κ1) is 18.4. The minimum atomic E-state index is -0.666. The molecule has 1 amide bonds. The number of ether oxygens (including phenoxy) is 1. The highest BCUT2D eigenvalue weighted by Gasteiger charge is 2.41. The van der Waals surface area contributed by atoms with E-state index in [0.717, 1.165) is 19.6 Å². The van der Waals surface area contributed by atoms with Crippen LogP contribution in [0, 0.1) is 0 Å². The molecule has 1 aliphatic rings. The molecule has 0 aliphatic carbocycles. The van der Waals surface area contributed by atoms with E-state index in [1.54, 1.807) is 0 Å². The van der Waals surface area contributed by atoms with E-state index in [0.29, 0.717) is 6.42 Å². The zero-order valence-corrected chi connectivity index (χ0v) is 14.7. The number of carbonyl (C=O) groups excluding carboxylic acids is 1. The number of nitrogens with zero attached hydrogens (tertiary/aromatic N) is 1. The number of hydrogen-bond donors (Lipinski definition) is 2. The number of primary amides is 1. The van der Waals surface area contributed by atoms with Gasteiger partial charge in [0.2, 0.25) is 5.91 Å². The zero-order valence-electron chi connectivity index (χ0n) is 14.7. The van der Waals surface area contributed by atoms with Crippen LogP contribution >= 0.6 is 0 Å². The third-order valence-electron chi connectivity index (χ3n) is 4.16. The van der Waals surface area contributed by atoms with Gasteiger partial charge in [-0.25, -0.2) is 0 Å². The summed E-state index contributed by atoms with van der Waals surface area (Å²) in [6, 6.07) is 0.254. The molecule has 0 aromatic heterocycles. The average Bonchev–Trinajstić information content (AvgIpc) is 2.24. The molecule has 0 aromatic carbocycles. The van der Waals surface area contributed by atoms with Crippen LogP contribution in [0.3, 0.4) is 0 Å². The molecule has 0 saturated carbocycles. The van der Waals surface area contributed by atoms with Crippen molar-refractivity contribution in [3.63, 3.8) is 0 Å². The molecule has 124 valence electrons. The van der Waals surface area contributed by atoms with Crippen molar-refractivity contribution in [3.8, 4) is 0 Å². The van der Waals surface area contributed by atoms with Crippen LogP contribution in [0.15, 0.2) is 0 Å². The Morgan fingerprint density at radius 3 is 2.19 bits per heavy atom. The number of morpholine rings is 1. The fourth-order valence-corrected chi connectivity index (χ4v) is 3.53. The molecule has 0 radical (unpaired) electrons. The van der Waals surface area contributed by atoms with E-state index in [1.165, 1.54) is 0 Å². The zero-order chi connectivity index (χ0) is 16.5. The first-order valence-corrected chi connectivity index (χ1v) is 7.90. The molecule has 1 rings (SSSR count). The van der Waals surface area contributed by atoms with Crippen molar-refractivity contribution < 1.29 is 9.53 Å². The van der Waals surface area contributed by atoms with Crippen molar-refractivity contribution in [3.05, 3.63) is 0 Å². The summed E-state index contributed by atoms with van der Waals surface area (Å²) in [6.45, 7) is 17.0. The molecule has 0 spiro atoms. The van der Waals surface area contributed by atoms with E-state index in [2.05, 4.69) is 44.8 Å². The summed E-state index contributed by atoms with van der Waals surface area (Å²) in [5.74, 6) is -0.289. The lowest BCUT2D eigenvalue weighted by atomic mass is 9.89. The molecule has 21 heavy (non-hydrogen) atoms. The Labute approximate surface area is 129 Å². The Morgan fingerprint density at radius 1 is 1.33 bits per heavy atom. The Bertz CT molecular complexity index is 366. The van der Waals surface area contributed by atoms with Gasteiger partial charge in [0, 0.05) is 19.1 Å². The van der Waals surface area contributed by atoms with Gasteiger partial charge in [0.05, 0.1) is 16.7 Å². The molecule has 1 aliphatic heterocycles. The monoisotopic (exact) mass is 299 g/mol. The molecule has 3 N–H and O–H groups in total. The minimum absolute atomic E-state index is 0.183. The average molecular weight is 299 g/mol. The highest BCUT2D eigenvalue weighted by molar-refractivity contribution is 5.84. The van der Waals surface area contributed by atoms with Gasteiger partial charge in [-0.1, -0.05) is 6.92 Å². The van der Waals surface area contributed by atoms with E-state index in [-0.39, 0.29) is 23.2 Å². The summed E-state index contributed by atoms with van der Waals surface area (Å²) >= 11 is 0. The van der Waals surface area contributed by atoms with Gasteiger partial charge in [-0.2, -0.15) is 0 Å². The lowest BCUT2D eigenvalue weighted by Crippen LogP contribution is -2.62. The van der Waals surface area contributed by atoms with Crippen molar-refractivity contribution >= 4 is 5.91 Å². The molecule has 2 atom stereocenters. The standard InChI is InChI=1S/C16H33N3O2/c1-8-18-16(7,13(17)20)9-12(2)19-10-14(3,4)21-15(5,6)11-19/h12,18H,8-11H2,1-7H3,(H2,17,20). The van der Waals surface area contributed by atoms with Crippen LogP contribution < -0.4 is 11.1 Å². The van der Waals surface area contributed by atoms with Crippen molar-refractivity contribution in [2.45, 2.75) is 77.7 Å². The van der Waals surface area contributed by atoms with Crippen LogP contribution in [-0.2, 0) is 9.53 Å². The molecule has 0 aromatic rings. The molecule has 1 heterocycles. The number of amides is 1. The van der Waals surface area contributed by atoms with E-state index >= 15 is 0 Å². The molecule has 1 fully saturated rings. The topological polar surface area (TPSA) is 67.6 Å². The van der Waals surface area contributed by atoms with Gasteiger partial charge in [-0.3, -0.25) is 9.69 Å². The van der Waals surface area contributed by atoms with E-state index in [4.69, 9.17) is 10.5 Å². The first-order chi connectivity index (χ1) is 9.41. The van der Waals surface area contributed by atoms with Crippen molar-refractivity contribution in [1.29, 1.82) is 0 Å². The summed E-state index contributed by atoms with van der Waals surface area (Å²) < 4.78 is 6.12. The van der Waals surface area contributed by atoms with Gasteiger partial charge in [0.1, 0.15) is 0 Å². The molecular formula is C16H33N3O2. The third kappa shape index (κ3) is 4.94. The van der Waals surface area contributed by atoms with Gasteiger partial charge in [0.15, 0.2) is 0 Å². The second-order valence-corrected chi connectivity index (χ2v) is 7.81. The molecule has 5 heteroatoms. The maximum Gasteiger partial charge on any atom is 0.237 e. The third-order valence-corrected chi connectivity index (χ3v) is 4.16. The van der Waals surface area contributed by atoms with Gasteiger partial charge in [-0.15, -0.1) is 0 Å². The summed E-state index contributed by atoms with van der Waals surface area (Å²) in [4.78, 5) is 14.2.